The molecule has 0 unspecified atom stereocenters. The number of nitrogens with two attached hydrogens (primary N) is 1. The maximum Gasteiger partial charge on any atom is 0.150 e. The highest BCUT2D eigenvalue weighted by molar-refractivity contribution is 6.33. The second-order valence-corrected chi connectivity index (χ2v) is 3.53. The van der Waals surface area contributed by atoms with Crippen molar-refractivity contribution in [3.63, 3.8) is 0 Å². The first kappa shape index (κ1) is 9.98. The van der Waals surface area contributed by atoms with Gasteiger partial charge in [0.25, 0.3) is 0 Å². The molecule has 0 saturated heterocycles. The topological polar surface area (TPSA) is 56.7 Å². The molecule has 0 radical (unpaired) electrons. The van der Waals surface area contributed by atoms with E-state index >= 15 is 0 Å². The van der Waals surface area contributed by atoms with E-state index in [0.717, 1.165) is 5.56 Å². The fraction of sp³-hybridized carbons (Fsp3) is 0.200. The summed E-state index contributed by atoms with van der Waals surface area (Å²) in [6.45, 7) is 2.66. The Balaban J connectivity index is 2.55. The fourth-order valence-corrected chi connectivity index (χ4v) is 1.62. The summed E-state index contributed by atoms with van der Waals surface area (Å²) >= 11 is 6.05. The number of hydrogen-bond acceptors (Lipinski definition) is 3. The van der Waals surface area contributed by atoms with E-state index in [1.54, 1.807) is 10.7 Å². The third kappa shape index (κ3) is 1.68. The van der Waals surface area contributed by atoms with Crippen molar-refractivity contribution in [3.05, 3.63) is 29.3 Å². The molecule has 1 aromatic carbocycles. The number of hydrogen-bond donors (Lipinski definition) is 1. The van der Waals surface area contributed by atoms with Crippen LogP contribution in [0.2, 0.25) is 5.02 Å². The quantitative estimate of drug-likeness (QED) is 0.848. The number of rotatable bonds is 2. The third-order valence-electron chi connectivity index (χ3n) is 2.20. The van der Waals surface area contributed by atoms with Gasteiger partial charge < -0.3 is 5.73 Å². The molecule has 1 aromatic heterocycles. The van der Waals surface area contributed by atoms with E-state index in [0.29, 0.717) is 23.1 Å². The van der Waals surface area contributed by atoms with Crippen LogP contribution in [0.4, 0.5) is 5.82 Å². The molecule has 0 saturated carbocycles. The van der Waals surface area contributed by atoms with Gasteiger partial charge in [0.2, 0.25) is 0 Å². The van der Waals surface area contributed by atoms with Gasteiger partial charge in [0, 0.05) is 12.1 Å². The second-order valence-electron chi connectivity index (χ2n) is 3.12. The number of benzene rings is 1. The average Bonchev–Trinajstić information content (AvgIpc) is 2.60. The van der Waals surface area contributed by atoms with Crippen LogP contribution in [0.15, 0.2) is 24.3 Å². The summed E-state index contributed by atoms with van der Waals surface area (Å²) in [5.41, 5.74) is 7.35. The van der Waals surface area contributed by atoms with E-state index in [4.69, 9.17) is 17.3 Å². The lowest BCUT2D eigenvalue weighted by Crippen LogP contribution is -2.02. The first-order valence-electron chi connectivity index (χ1n) is 4.68. The zero-order chi connectivity index (χ0) is 10.8. The van der Waals surface area contributed by atoms with E-state index < -0.39 is 0 Å². The molecule has 0 aliphatic carbocycles. The molecule has 0 aliphatic heterocycles. The van der Waals surface area contributed by atoms with Gasteiger partial charge in [-0.3, -0.25) is 0 Å². The number of aromatic nitrogens is 3. The SMILES string of the molecule is CCn1nnc(-c2ccccc2Cl)c1N. The van der Waals surface area contributed by atoms with Crippen LogP contribution >= 0.6 is 11.6 Å². The molecule has 1 heterocycles. The Kier molecular flexibility index (Phi) is 2.60. The second kappa shape index (κ2) is 3.90. The molecule has 5 heteroatoms. The summed E-state index contributed by atoms with van der Waals surface area (Å²) in [6.07, 6.45) is 0. The van der Waals surface area contributed by atoms with E-state index in [2.05, 4.69) is 10.3 Å². The molecular weight excluding hydrogens is 212 g/mol. The van der Waals surface area contributed by atoms with Crippen LogP contribution in [0.25, 0.3) is 11.3 Å². The molecule has 0 amide bonds. The van der Waals surface area contributed by atoms with Crippen LogP contribution < -0.4 is 5.73 Å². The lowest BCUT2D eigenvalue weighted by molar-refractivity contribution is 0.635. The van der Waals surface area contributed by atoms with Crippen molar-refractivity contribution in [2.75, 3.05) is 5.73 Å². The summed E-state index contributed by atoms with van der Waals surface area (Å²) in [7, 11) is 0. The van der Waals surface area contributed by atoms with E-state index in [1.165, 1.54) is 0 Å². The maximum absolute atomic E-state index is 6.05. The first-order chi connectivity index (χ1) is 7.24. The molecular formula is C10H11ClN4. The number of halogens is 1. The van der Waals surface area contributed by atoms with E-state index in [9.17, 15) is 0 Å². The summed E-state index contributed by atoms with van der Waals surface area (Å²) in [5, 5.41) is 8.59. The standard InChI is InChI=1S/C10H11ClN4/c1-2-15-10(12)9(13-14-15)7-5-3-4-6-8(7)11/h3-6H,2,12H2,1H3. The van der Waals surface area contributed by atoms with Crippen molar-refractivity contribution < 1.29 is 0 Å². The smallest absolute Gasteiger partial charge is 0.150 e. The van der Waals surface area contributed by atoms with Gasteiger partial charge in [-0.1, -0.05) is 35.0 Å². The normalized spacial score (nSPS) is 10.5. The molecule has 15 heavy (non-hydrogen) atoms. The summed E-state index contributed by atoms with van der Waals surface area (Å²) in [4.78, 5) is 0. The Hall–Kier alpha value is -1.55. The number of nitrogen functional groups attached to an aromatic ring is 1. The molecule has 4 nitrogen and oxygen atoms in total. The van der Waals surface area contributed by atoms with Crippen LogP contribution in [0.5, 0.6) is 0 Å². The van der Waals surface area contributed by atoms with Gasteiger partial charge in [0.1, 0.15) is 11.5 Å². The number of anilines is 1. The predicted octanol–water partition coefficient (Wildman–Crippen LogP) is 2.20. The Morgan fingerprint density at radius 3 is 2.73 bits per heavy atom. The molecule has 0 bridgehead atoms. The molecule has 2 aromatic rings. The summed E-state index contributed by atoms with van der Waals surface area (Å²) < 4.78 is 1.64. The van der Waals surface area contributed by atoms with E-state index in [-0.39, 0.29) is 0 Å². The van der Waals surface area contributed by atoms with Crippen molar-refractivity contribution in [2.24, 2.45) is 0 Å². The van der Waals surface area contributed by atoms with Gasteiger partial charge in [0.15, 0.2) is 0 Å². The van der Waals surface area contributed by atoms with Crippen molar-refractivity contribution >= 4 is 17.4 Å². The molecule has 2 rings (SSSR count). The molecule has 0 spiro atoms. The minimum atomic E-state index is 0.547. The highest BCUT2D eigenvalue weighted by Gasteiger charge is 2.12. The van der Waals surface area contributed by atoms with Crippen molar-refractivity contribution in [1.82, 2.24) is 15.0 Å². The molecule has 0 atom stereocenters. The highest BCUT2D eigenvalue weighted by atomic mass is 35.5. The van der Waals surface area contributed by atoms with Crippen LogP contribution in [-0.4, -0.2) is 15.0 Å². The molecule has 78 valence electrons. The zero-order valence-corrected chi connectivity index (χ0v) is 9.07. The zero-order valence-electron chi connectivity index (χ0n) is 8.31. The van der Waals surface area contributed by atoms with Crippen molar-refractivity contribution in [1.29, 1.82) is 0 Å². The predicted molar refractivity (Wildman–Crippen MR) is 60.6 cm³/mol. The van der Waals surface area contributed by atoms with Crippen LogP contribution in [0.3, 0.4) is 0 Å². The maximum atomic E-state index is 6.05. The largest absolute Gasteiger partial charge is 0.382 e. The Morgan fingerprint density at radius 2 is 2.13 bits per heavy atom. The van der Waals surface area contributed by atoms with Gasteiger partial charge in [-0.15, -0.1) is 5.10 Å². The number of aryl methyl sites for hydroxylation is 1. The van der Waals surface area contributed by atoms with Gasteiger partial charge in [0.05, 0.1) is 5.02 Å². The average molecular weight is 223 g/mol. The Morgan fingerprint density at radius 1 is 1.40 bits per heavy atom. The van der Waals surface area contributed by atoms with Crippen LogP contribution in [0, 0.1) is 0 Å². The lowest BCUT2D eigenvalue weighted by atomic mass is 10.1. The van der Waals surface area contributed by atoms with Gasteiger partial charge in [-0.2, -0.15) is 0 Å². The minimum absolute atomic E-state index is 0.547. The Labute approximate surface area is 92.7 Å². The molecule has 2 N–H and O–H groups in total. The summed E-state index contributed by atoms with van der Waals surface area (Å²) in [5.74, 6) is 0.547. The van der Waals surface area contributed by atoms with Crippen molar-refractivity contribution in [3.8, 4) is 11.3 Å². The lowest BCUT2D eigenvalue weighted by Gasteiger charge is -2.01. The van der Waals surface area contributed by atoms with Gasteiger partial charge in [-0.25, -0.2) is 4.68 Å². The first-order valence-corrected chi connectivity index (χ1v) is 5.05. The van der Waals surface area contributed by atoms with Gasteiger partial charge >= 0.3 is 0 Å². The van der Waals surface area contributed by atoms with Gasteiger partial charge in [-0.05, 0) is 13.0 Å². The molecule has 0 aliphatic rings. The Bertz CT molecular complexity index is 478. The van der Waals surface area contributed by atoms with Crippen molar-refractivity contribution in [2.45, 2.75) is 13.5 Å². The highest BCUT2D eigenvalue weighted by Crippen LogP contribution is 2.29. The van der Waals surface area contributed by atoms with Crippen LogP contribution in [0.1, 0.15) is 6.92 Å². The fourth-order valence-electron chi connectivity index (χ4n) is 1.40. The molecule has 0 fully saturated rings. The number of nitrogens with zero attached hydrogens (tertiary/aromatic N) is 3. The van der Waals surface area contributed by atoms with Crippen LogP contribution in [-0.2, 0) is 6.54 Å². The minimum Gasteiger partial charge on any atom is -0.382 e. The third-order valence-corrected chi connectivity index (χ3v) is 2.53. The summed E-state index contributed by atoms with van der Waals surface area (Å²) in [6, 6.07) is 7.45. The van der Waals surface area contributed by atoms with E-state index in [1.807, 2.05) is 25.1 Å². The monoisotopic (exact) mass is 222 g/mol.